The molecule has 0 aromatic heterocycles. The molecule has 14 heteroatoms. The normalized spacial score (nSPS) is 17.5. The van der Waals surface area contributed by atoms with Gasteiger partial charge in [0, 0.05) is 5.92 Å². The van der Waals surface area contributed by atoms with Crippen molar-refractivity contribution in [1.29, 1.82) is 0 Å². The molecule has 0 aliphatic rings. The standard InChI is InChI=1S/C7H10F6O6S2/c1-4(3-18-20(14,15)6(8,9)10)5(2)19-21(16,17)7(11,12)13/h4-5H,3H2,1-2H3. The Balaban J connectivity index is 4.75. The van der Waals surface area contributed by atoms with E-state index in [-0.39, 0.29) is 0 Å². The van der Waals surface area contributed by atoms with E-state index < -0.39 is 49.9 Å². The third-order valence-corrected chi connectivity index (χ3v) is 4.27. The maximum atomic E-state index is 12.0. The van der Waals surface area contributed by atoms with Crippen molar-refractivity contribution in [2.45, 2.75) is 31.0 Å². The first-order valence-electron chi connectivity index (χ1n) is 4.96. The van der Waals surface area contributed by atoms with Crippen molar-refractivity contribution in [3.63, 3.8) is 0 Å². The first-order valence-corrected chi connectivity index (χ1v) is 7.78. The van der Waals surface area contributed by atoms with Crippen LogP contribution in [0.1, 0.15) is 13.8 Å². The largest absolute Gasteiger partial charge is 0.523 e. The Morgan fingerprint density at radius 3 is 1.57 bits per heavy atom. The zero-order chi connectivity index (χ0) is 17.3. The van der Waals surface area contributed by atoms with Gasteiger partial charge < -0.3 is 0 Å². The molecule has 0 spiro atoms. The van der Waals surface area contributed by atoms with Gasteiger partial charge in [-0.3, -0.25) is 8.37 Å². The minimum absolute atomic E-state index is 0.803. The second-order valence-corrected chi connectivity index (χ2v) is 7.03. The van der Waals surface area contributed by atoms with Crippen molar-refractivity contribution in [3.05, 3.63) is 0 Å². The second kappa shape index (κ2) is 6.26. The van der Waals surface area contributed by atoms with E-state index in [0.717, 1.165) is 13.8 Å². The first kappa shape index (κ1) is 20.4. The molecule has 0 aliphatic carbocycles. The summed E-state index contributed by atoms with van der Waals surface area (Å²) in [5.74, 6) is -1.39. The lowest BCUT2D eigenvalue weighted by Crippen LogP contribution is -2.34. The molecule has 2 unspecified atom stereocenters. The lowest BCUT2D eigenvalue weighted by Gasteiger charge is -2.20. The predicted molar refractivity (Wildman–Crippen MR) is 55.6 cm³/mol. The minimum atomic E-state index is -5.95. The fourth-order valence-electron chi connectivity index (χ4n) is 0.748. The van der Waals surface area contributed by atoms with Crippen LogP contribution >= 0.6 is 0 Å². The molecule has 0 aliphatic heterocycles. The summed E-state index contributed by atoms with van der Waals surface area (Å²) in [4.78, 5) is 0. The van der Waals surface area contributed by atoms with Gasteiger partial charge in [0.05, 0.1) is 12.7 Å². The highest BCUT2D eigenvalue weighted by molar-refractivity contribution is 7.87. The molecule has 0 radical (unpaired) electrons. The number of hydrogen-bond donors (Lipinski definition) is 0. The SMILES string of the molecule is CC(COS(=O)(=O)C(F)(F)F)C(C)OS(=O)(=O)C(F)(F)F. The fourth-order valence-corrected chi connectivity index (χ4v) is 1.97. The molecule has 0 amide bonds. The van der Waals surface area contributed by atoms with Gasteiger partial charge in [-0.05, 0) is 6.92 Å². The lowest BCUT2D eigenvalue weighted by molar-refractivity contribution is -0.0610. The van der Waals surface area contributed by atoms with Gasteiger partial charge in [-0.1, -0.05) is 6.92 Å². The van der Waals surface area contributed by atoms with Crippen LogP contribution in [-0.2, 0) is 28.6 Å². The molecule has 21 heavy (non-hydrogen) atoms. The van der Waals surface area contributed by atoms with Gasteiger partial charge in [0.15, 0.2) is 0 Å². The van der Waals surface area contributed by atoms with Crippen LogP contribution in [0.2, 0.25) is 0 Å². The van der Waals surface area contributed by atoms with Crippen LogP contribution in [0, 0.1) is 5.92 Å². The van der Waals surface area contributed by atoms with E-state index in [2.05, 4.69) is 8.37 Å². The summed E-state index contributed by atoms with van der Waals surface area (Å²) in [6.45, 7) is 0.538. The summed E-state index contributed by atoms with van der Waals surface area (Å²) < 4.78 is 121. The average molecular weight is 368 g/mol. The van der Waals surface area contributed by atoms with E-state index in [1.54, 1.807) is 0 Å². The molecule has 0 bridgehead atoms. The zero-order valence-electron chi connectivity index (χ0n) is 10.4. The number of hydrogen-bond acceptors (Lipinski definition) is 6. The Morgan fingerprint density at radius 1 is 0.857 bits per heavy atom. The molecular weight excluding hydrogens is 358 g/mol. The zero-order valence-corrected chi connectivity index (χ0v) is 12.0. The van der Waals surface area contributed by atoms with Gasteiger partial charge in [-0.2, -0.15) is 43.2 Å². The predicted octanol–water partition coefficient (Wildman–Crippen LogP) is 1.74. The maximum Gasteiger partial charge on any atom is 0.523 e. The minimum Gasteiger partial charge on any atom is -0.263 e. The fraction of sp³-hybridized carbons (Fsp3) is 1.00. The summed E-state index contributed by atoms with van der Waals surface area (Å²) in [5.41, 5.74) is -11.4. The van der Waals surface area contributed by atoms with Crippen molar-refractivity contribution in [2.24, 2.45) is 5.92 Å². The van der Waals surface area contributed by atoms with E-state index >= 15 is 0 Å². The van der Waals surface area contributed by atoms with Crippen LogP contribution < -0.4 is 0 Å². The number of alkyl halides is 6. The highest BCUT2D eigenvalue weighted by Crippen LogP contribution is 2.28. The summed E-state index contributed by atoms with van der Waals surface area (Å²) in [6.07, 6.45) is -1.76. The van der Waals surface area contributed by atoms with Gasteiger partial charge in [0.1, 0.15) is 0 Å². The van der Waals surface area contributed by atoms with E-state index in [1.165, 1.54) is 0 Å². The number of halogens is 6. The van der Waals surface area contributed by atoms with Crippen LogP contribution in [0.4, 0.5) is 26.3 Å². The quantitative estimate of drug-likeness (QED) is 0.403. The van der Waals surface area contributed by atoms with Crippen LogP contribution in [0.25, 0.3) is 0 Å². The van der Waals surface area contributed by atoms with Gasteiger partial charge in [-0.15, -0.1) is 0 Å². The second-order valence-electron chi connectivity index (χ2n) is 3.86. The van der Waals surface area contributed by atoms with Crippen LogP contribution in [0.15, 0.2) is 0 Å². The molecule has 0 aromatic carbocycles. The summed E-state index contributed by atoms with van der Waals surface area (Å²) in [7, 11) is -11.9. The highest BCUT2D eigenvalue weighted by atomic mass is 32.2. The molecule has 6 nitrogen and oxygen atoms in total. The third-order valence-electron chi connectivity index (χ3n) is 2.13. The highest BCUT2D eigenvalue weighted by Gasteiger charge is 2.49. The number of rotatable bonds is 6. The molecule has 128 valence electrons. The summed E-state index contributed by atoms with van der Waals surface area (Å²) >= 11 is 0. The van der Waals surface area contributed by atoms with Crippen LogP contribution in [0.5, 0.6) is 0 Å². The lowest BCUT2D eigenvalue weighted by atomic mass is 10.1. The van der Waals surface area contributed by atoms with Crippen molar-refractivity contribution < 1.29 is 51.5 Å². The molecule has 0 saturated heterocycles. The Morgan fingerprint density at radius 2 is 1.24 bits per heavy atom. The van der Waals surface area contributed by atoms with Crippen LogP contribution in [0.3, 0.4) is 0 Å². The third kappa shape index (κ3) is 5.60. The molecule has 0 rings (SSSR count). The van der Waals surface area contributed by atoms with E-state index in [1.807, 2.05) is 0 Å². The molecular formula is C7H10F6O6S2. The molecule has 0 heterocycles. The van der Waals surface area contributed by atoms with E-state index in [0.29, 0.717) is 0 Å². The molecule has 0 aromatic rings. The van der Waals surface area contributed by atoms with Crippen molar-refractivity contribution in [2.75, 3.05) is 6.61 Å². The molecule has 2 atom stereocenters. The van der Waals surface area contributed by atoms with Gasteiger partial charge >= 0.3 is 31.3 Å². The molecule has 0 fully saturated rings. The van der Waals surface area contributed by atoms with E-state index in [4.69, 9.17) is 0 Å². The average Bonchev–Trinajstić information content (AvgIpc) is 2.21. The Labute approximate surface area is 116 Å². The van der Waals surface area contributed by atoms with Crippen molar-refractivity contribution in [1.82, 2.24) is 0 Å². The Hall–Kier alpha value is -0.600. The van der Waals surface area contributed by atoms with Gasteiger partial charge in [0.2, 0.25) is 0 Å². The maximum absolute atomic E-state index is 12.0. The monoisotopic (exact) mass is 368 g/mol. The molecule has 0 N–H and O–H groups in total. The summed E-state index contributed by atoms with van der Waals surface area (Å²) in [5, 5.41) is 0. The topological polar surface area (TPSA) is 86.7 Å². The van der Waals surface area contributed by atoms with E-state index in [9.17, 15) is 43.2 Å². The van der Waals surface area contributed by atoms with Gasteiger partial charge in [-0.25, -0.2) is 0 Å². The smallest absolute Gasteiger partial charge is 0.263 e. The van der Waals surface area contributed by atoms with Crippen molar-refractivity contribution in [3.8, 4) is 0 Å². The summed E-state index contributed by atoms with van der Waals surface area (Å²) in [6, 6.07) is 0. The van der Waals surface area contributed by atoms with Gasteiger partial charge in [0.25, 0.3) is 0 Å². The van der Waals surface area contributed by atoms with Crippen LogP contribution in [-0.4, -0.2) is 40.6 Å². The Bertz CT molecular complexity index is 547. The first-order chi connectivity index (χ1) is 9.01. The Kier molecular flexibility index (Phi) is 6.08. The molecule has 0 saturated carbocycles. The van der Waals surface area contributed by atoms with Crippen molar-refractivity contribution >= 4 is 20.2 Å².